The van der Waals surface area contributed by atoms with Crippen LogP contribution in [0.25, 0.3) is 0 Å². The number of pyridine rings is 1. The van der Waals surface area contributed by atoms with Crippen molar-refractivity contribution < 1.29 is 19.1 Å². The number of carbonyl (C=O) groups excluding carboxylic acids is 2. The average Bonchev–Trinajstić information content (AvgIpc) is 3.23. The lowest BCUT2D eigenvalue weighted by Gasteiger charge is -2.36. The first kappa shape index (κ1) is 26.6. The summed E-state index contributed by atoms with van der Waals surface area (Å²) in [4.78, 5) is 38.0. The highest BCUT2D eigenvalue weighted by Crippen LogP contribution is 2.40. The Kier molecular flexibility index (Phi) is 8.09. The fourth-order valence-corrected chi connectivity index (χ4v) is 5.55. The predicted molar refractivity (Wildman–Crippen MR) is 149 cm³/mol. The first-order chi connectivity index (χ1) is 19.0. The SMILES string of the molecule is COc1ccc(C(CCCN)N2C(=O)c3cccc(N4CCN(Cc5cccnc5)CC4)c3C2=O)cc1OC. The number of nitrogens with zero attached hydrogens (tertiary/aromatic N) is 4. The third kappa shape index (κ3) is 5.32. The summed E-state index contributed by atoms with van der Waals surface area (Å²) >= 11 is 0. The van der Waals surface area contributed by atoms with Crippen molar-refractivity contribution in [2.45, 2.75) is 25.4 Å². The van der Waals surface area contributed by atoms with Crippen molar-refractivity contribution in [2.75, 3.05) is 51.8 Å². The highest BCUT2D eigenvalue weighted by atomic mass is 16.5. The second-order valence-corrected chi connectivity index (χ2v) is 9.87. The molecule has 0 bridgehead atoms. The van der Waals surface area contributed by atoms with Gasteiger partial charge in [0, 0.05) is 45.1 Å². The molecule has 3 heterocycles. The van der Waals surface area contributed by atoms with E-state index in [2.05, 4.69) is 20.9 Å². The molecule has 1 atom stereocenters. The maximum absolute atomic E-state index is 14.0. The minimum atomic E-state index is -0.468. The Morgan fingerprint density at radius 3 is 2.44 bits per heavy atom. The fraction of sp³-hybridized carbons (Fsp3) is 0.367. The number of carbonyl (C=O) groups is 2. The first-order valence-corrected chi connectivity index (χ1v) is 13.3. The highest BCUT2D eigenvalue weighted by Gasteiger charge is 2.43. The van der Waals surface area contributed by atoms with Crippen molar-refractivity contribution in [3.8, 4) is 11.5 Å². The van der Waals surface area contributed by atoms with E-state index in [-0.39, 0.29) is 11.8 Å². The van der Waals surface area contributed by atoms with Crippen molar-refractivity contribution in [2.24, 2.45) is 5.73 Å². The van der Waals surface area contributed by atoms with E-state index < -0.39 is 6.04 Å². The minimum absolute atomic E-state index is 0.264. The van der Waals surface area contributed by atoms with E-state index in [0.717, 1.165) is 44.0 Å². The van der Waals surface area contributed by atoms with E-state index >= 15 is 0 Å². The number of methoxy groups -OCH3 is 2. The minimum Gasteiger partial charge on any atom is -0.493 e. The third-order valence-electron chi connectivity index (χ3n) is 7.55. The van der Waals surface area contributed by atoms with E-state index in [1.165, 1.54) is 10.5 Å². The molecule has 2 aliphatic heterocycles. The van der Waals surface area contributed by atoms with E-state index in [9.17, 15) is 9.59 Å². The summed E-state index contributed by atoms with van der Waals surface area (Å²) < 4.78 is 10.9. The predicted octanol–water partition coefficient (Wildman–Crippen LogP) is 3.50. The van der Waals surface area contributed by atoms with Gasteiger partial charge in [-0.15, -0.1) is 0 Å². The van der Waals surface area contributed by atoms with Gasteiger partial charge in [0.1, 0.15) is 0 Å². The molecule has 204 valence electrons. The van der Waals surface area contributed by atoms with Crippen LogP contribution in [0.3, 0.4) is 0 Å². The van der Waals surface area contributed by atoms with Crippen molar-refractivity contribution >= 4 is 17.5 Å². The summed E-state index contributed by atoms with van der Waals surface area (Å²) in [6, 6.07) is 14.7. The highest BCUT2D eigenvalue weighted by molar-refractivity contribution is 6.24. The van der Waals surface area contributed by atoms with E-state index in [0.29, 0.717) is 42.0 Å². The van der Waals surface area contributed by atoms with Crippen molar-refractivity contribution in [3.63, 3.8) is 0 Å². The number of fused-ring (bicyclic) bond motifs is 1. The molecule has 9 nitrogen and oxygen atoms in total. The topological polar surface area (TPSA) is 101 Å². The van der Waals surface area contributed by atoms with Gasteiger partial charge in [-0.3, -0.25) is 24.4 Å². The lowest BCUT2D eigenvalue weighted by atomic mass is 9.99. The molecule has 1 fully saturated rings. The lowest BCUT2D eigenvalue weighted by Crippen LogP contribution is -2.46. The zero-order chi connectivity index (χ0) is 27.4. The normalized spacial score (nSPS) is 16.4. The molecule has 2 amide bonds. The van der Waals surface area contributed by atoms with Crippen molar-refractivity contribution in [1.82, 2.24) is 14.8 Å². The number of piperazine rings is 1. The molecule has 39 heavy (non-hydrogen) atoms. The molecule has 1 aromatic heterocycles. The van der Waals surface area contributed by atoms with Gasteiger partial charge in [-0.05, 0) is 60.8 Å². The van der Waals surface area contributed by atoms with Crippen LogP contribution >= 0.6 is 0 Å². The van der Waals surface area contributed by atoms with Gasteiger partial charge in [-0.2, -0.15) is 0 Å². The maximum atomic E-state index is 14.0. The smallest absolute Gasteiger partial charge is 0.264 e. The molecule has 2 aliphatic rings. The number of hydrogen-bond donors (Lipinski definition) is 1. The molecule has 0 aliphatic carbocycles. The van der Waals surface area contributed by atoms with Gasteiger partial charge < -0.3 is 20.1 Å². The molecule has 5 rings (SSSR count). The average molecular weight is 530 g/mol. The van der Waals surface area contributed by atoms with Crippen LogP contribution in [0.4, 0.5) is 5.69 Å². The van der Waals surface area contributed by atoms with E-state index in [1.807, 2.05) is 36.5 Å². The molecule has 0 radical (unpaired) electrons. The van der Waals surface area contributed by atoms with Crippen molar-refractivity contribution in [1.29, 1.82) is 0 Å². The number of anilines is 1. The number of rotatable bonds is 10. The summed E-state index contributed by atoms with van der Waals surface area (Å²) in [7, 11) is 3.15. The number of imide groups is 1. The Hall–Kier alpha value is -3.95. The summed E-state index contributed by atoms with van der Waals surface area (Å²) in [5.41, 5.74) is 9.59. The number of benzene rings is 2. The van der Waals surface area contributed by atoms with Crippen LogP contribution in [-0.4, -0.2) is 73.5 Å². The number of nitrogens with two attached hydrogens (primary N) is 1. The number of amides is 2. The second-order valence-electron chi connectivity index (χ2n) is 9.87. The molecule has 3 aromatic rings. The van der Waals surface area contributed by atoms with Gasteiger partial charge in [0.05, 0.1) is 37.1 Å². The molecule has 2 N–H and O–H groups in total. The Bertz CT molecular complexity index is 1320. The standard InChI is InChI=1S/C30H35N5O4/c1-38-26-11-10-22(18-27(26)39-2)24(9-4-12-31)35-29(36)23-7-3-8-25(28(23)30(35)37)34-16-14-33(15-17-34)20-21-6-5-13-32-19-21/h3,5-8,10-11,13,18-19,24H,4,9,12,14-17,20,31H2,1-2H3. The summed E-state index contributed by atoms with van der Waals surface area (Å²) in [5, 5.41) is 0. The largest absolute Gasteiger partial charge is 0.493 e. The third-order valence-corrected chi connectivity index (χ3v) is 7.55. The second kappa shape index (κ2) is 11.8. The summed E-state index contributed by atoms with van der Waals surface area (Å²) in [6.45, 7) is 4.55. The van der Waals surface area contributed by atoms with E-state index in [4.69, 9.17) is 15.2 Å². The zero-order valence-corrected chi connectivity index (χ0v) is 22.5. The summed E-state index contributed by atoms with van der Waals surface area (Å²) in [5.74, 6) is 0.601. The van der Waals surface area contributed by atoms with Crippen LogP contribution in [0.15, 0.2) is 60.9 Å². The van der Waals surface area contributed by atoms with Crippen molar-refractivity contribution in [3.05, 3.63) is 83.2 Å². The molecule has 0 spiro atoms. The van der Waals surface area contributed by atoms with Crippen LogP contribution in [0, 0.1) is 0 Å². The van der Waals surface area contributed by atoms with Gasteiger partial charge in [0.2, 0.25) is 0 Å². The zero-order valence-electron chi connectivity index (χ0n) is 22.5. The molecule has 9 heteroatoms. The molecule has 0 saturated carbocycles. The van der Waals surface area contributed by atoms with E-state index in [1.54, 1.807) is 32.5 Å². The fourth-order valence-electron chi connectivity index (χ4n) is 5.55. The summed E-state index contributed by atoms with van der Waals surface area (Å²) in [6.07, 6.45) is 4.90. The van der Waals surface area contributed by atoms with Gasteiger partial charge in [-0.1, -0.05) is 18.2 Å². The molecular weight excluding hydrogens is 494 g/mol. The lowest BCUT2D eigenvalue weighted by molar-refractivity contribution is 0.0572. The Balaban J connectivity index is 1.40. The first-order valence-electron chi connectivity index (χ1n) is 13.3. The van der Waals surface area contributed by atoms with Crippen LogP contribution in [-0.2, 0) is 6.54 Å². The van der Waals surface area contributed by atoms with Gasteiger partial charge in [-0.25, -0.2) is 0 Å². The number of aromatic nitrogens is 1. The number of ether oxygens (including phenoxy) is 2. The van der Waals surface area contributed by atoms with Crippen LogP contribution in [0.1, 0.15) is 50.7 Å². The van der Waals surface area contributed by atoms with Gasteiger partial charge >= 0.3 is 0 Å². The molecule has 1 saturated heterocycles. The Labute approximate surface area is 229 Å². The molecular formula is C30H35N5O4. The molecule has 1 unspecified atom stereocenters. The maximum Gasteiger partial charge on any atom is 0.264 e. The molecule has 2 aromatic carbocycles. The quantitative estimate of drug-likeness (QED) is 0.399. The van der Waals surface area contributed by atoms with Gasteiger partial charge in [0.25, 0.3) is 11.8 Å². The Morgan fingerprint density at radius 2 is 1.74 bits per heavy atom. The monoisotopic (exact) mass is 529 g/mol. The van der Waals surface area contributed by atoms with Gasteiger partial charge in [0.15, 0.2) is 11.5 Å². The Morgan fingerprint density at radius 1 is 0.949 bits per heavy atom. The number of hydrogen-bond acceptors (Lipinski definition) is 8. The van der Waals surface area contributed by atoms with Crippen LogP contribution in [0.2, 0.25) is 0 Å². The van der Waals surface area contributed by atoms with Crippen LogP contribution < -0.4 is 20.1 Å². The van der Waals surface area contributed by atoms with Crippen LogP contribution in [0.5, 0.6) is 11.5 Å².